The first-order valence-electron chi connectivity index (χ1n) is 5.66. The quantitative estimate of drug-likeness (QED) is 0.684. The second-order valence-corrected chi connectivity index (χ2v) is 5.05. The molecule has 0 radical (unpaired) electrons. The summed E-state index contributed by atoms with van der Waals surface area (Å²) in [5.41, 5.74) is 0.992. The van der Waals surface area contributed by atoms with Gasteiger partial charge >= 0.3 is 0 Å². The zero-order valence-corrected chi connectivity index (χ0v) is 12.1. The molecule has 0 spiro atoms. The highest BCUT2D eigenvalue weighted by atomic mass is 79.9. The minimum atomic E-state index is -0.531. The molecule has 7 nitrogen and oxygen atoms in total. The summed E-state index contributed by atoms with van der Waals surface area (Å²) in [7, 11) is 1.63. The fourth-order valence-corrected chi connectivity index (χ4v) is 2.11. The van der Waals surface area contributed by atoms with E-state index in [4.69, 9.17) is 0 Å². The Morgan fingerprint density at radius 3 is 2.90 bits per heavy atom. The number of nitro groups is 1. The molecule has 1 aromatic heterocycles. The smallest absolute Gasteiger partial charge is 0.284 e. The molecule has 1 aromatic carbocycles. The number of hydrogen-bond acceptors (Lipinski definition) is 4. The van der Waals surface area contributed by atoms with E-state index in [2.05, 4.69) is 26.1 Å². The molecule has 2 aromatic rings. The molecule has 0 saturated heterocycles. The molecule has 0 atom stereocenters. The van der Waals surface area contributed by atoms with Crippen LogP contribution in [0.3, 0.4) is 0 Å². The normalized spacial score (nSPS) is 10.3. The van der Waals surface area contributed by atoms with Gasteiger partial charge in [-0.05, 0) is 28.1 Å². The second kappa shape index (κ2) is 5.83. The van der Waals surface area contributed by atoms with Gasteiger partial charge in [0.25, 0.3) is 11.6 Å². The van der Waals surface area contributed by atoms with Crippen LogP contribution in [0.4, 0.5) is 5.69 Å². The van der Waals surface area contributed by atoms with Crippen LogP contribution in [-0.2, 0) is 6.54 Å². The molecule has 0 unspecified atom stereocenters. The molecule has 0 bridgehead atoms. The van der Waals surface area contributed by atoms with E-state index < -0.39 is 4.92 Å². The molecule has 0 aliphatic heterocycles. The molecule has 0 aliphatic carbocycles. The van der Waals surface area contributed by atoms with E-state index in [-0.39, 0.29) is 17.2 Å². The van der Waals surface area contributed by atoms with Gasteiger partial charge in [0.15, 0.2) is 0 Å². The van der Waals surface area contributed by atoms with Crippen LogP contribution in [-0.4, -0.2) is 33.0 Å². The Hall–Kier alpha value is -2.22. The molecule has 104 valence electrons. The van der Waals surface area contributed by atoms with E-state index in [0.717, 1.165) is 5.56 Å². The van der Waals surface area contributed by atoms with Gasteiger partial charge in [-0.3, -0.25) is 20.0 Å². The van der Waals surface area contributed by atoms with Gasteiger partial charge in [0.2, 0.25) is 0 Å². The molecule has 1 N–H and O–H groups in total. The minimum absolute atomic E-state index is 0.132. The number of nitro benzene ring substituents is 1. The second-order valence-electron chi connectivity index (χ2n) is 4.19. The van der Waals surface area contributed by atoms with Crippen molar-refractivity contribution in [1.29, 1.82) is 0 Å². The molecule has 0 fully saturated rings. The summed E-state index contributed by atoms with van der Waals surface area (Å²) < 4.78 is 0.344. The van der Waals surface area contributed by atoms with Crippen LogP contribution in [0.15, 0.2) is 35.1 Å². The fourth-order valence-electron chi connectivity index (χ4n) is 1.72. The SMILES string of the molecule is CN(Cc1cn[nH]c1)C(=O)c1ccc(Br)c([N+](=O)[O-])c1. The standard InChI is InChI=1S/C12H11BrN4O3/c1-16(7-8-5-14-15-6-8)12(18)9-2-3-10(13)11(4-9)17(19)20/h2-6H,7H2,1H3,(H,14,15). The van der Waals surface area contributed by atoms with E-state index >= 15 is 0 Å². The van der Waals surface area contributed by atoms with Gasteiger partial charge in [-0.25, -0.2) is 0 Å². The Morgan fingerprint density at radius 1 is 1.55 bits per heavy atom. The Morgan fingerprint density at radius 2 is 2.30 bits per heavy atom. The third kappa shape index (κ3) is 3.02. The highest BCUT2D eigenvalue weighted by molar-refractivity contribution is 9.10. The number of carbonyl (C=O) groups excluding carboxylic acids is 1. The van der Waals surface area contributed by atoms with Gasteiger partial charge in [-0.2, -0.15) is 5.10 Å². The third-order valence-electron chi connectivity index (χ3n) is 2.71. The number of carbonyl (C=O) groups is 1. The lowest BCUT2D eigenvalue weighted by Crippen LogP contribution is -2.26. The molecule has 0 aliphatic rings. The number of nitrogens with zero attached hydrogens (tertiary/aromatic N) is 3. The van der Waals surface area contributed by atoms with Crippen molar-refractivity contribution >= 4 is 27.5 Å². The Balaban J connectivity index is 2.20. The number of H-pyrrole nitrogens is 1. The highest BCUT2D eigenvalue weighted by Crippen LogP contribution is 2.26. The first-order chi connectivity index (χ1) is 9.49. The monoisotopic (exact) mass is 338 g/mol. The Bertz CT molecular complexity index is 642. The fraction of sp³-hybridized carbons (Fsp3) is 0.167. The molecule has 8 heteroatoms. The van der Waals surface area contributed by atoms with Gasteiger partial charge in [0.1, 0.15) is 0 Å². The molecule has 20 heavy (non-hydrogen) atoms. The molecule has 1 heterocycles. The molecular formula is C12H11BrN4O3. The summed E-state index contributed by atoms with van der Waals surface area (Å²) in [6, 6.07) is 4.31. The third-order valence-corrected chi connectivity index (χ3v) is 3.38. The summed E-state index contributed by atoms with van der Waals surface area (Å²) in [6.07, 6.45) is 3.31. The Kier molecular flexibility index (Phi) is 4.14. The minimum Gasteiger partial charge on any atom is -0.337 e. The number of rotatable bonds is 4. The zero-order valence-electron chi connectivity index (χ0n) is 10.5. The van der Waals surface area contributed by atoms with Crippen molar-refractivity contribution in [2.75, 3.05) is 7.05 Å². The van der Waals surface area contributed by atoms with Crippen LogP contribution >= 0.6 is 15.9 Å². The number of nitrogens with one attached hydrogen (secondary N) is 1. The van der Waals surface area contributed by atoms with Gasteiger partial charge < -0.3 is 4.90 Å². The largest absolute Gasteiger partial charge is 0.337 e. The van der Waals surface area contributed by atoms with Crippen molar-refractivity contribution in [3.8, 4) is 0 Å². The van der Waals surface area contributed by atoms with E-state index in [9.17, 15) is 14.9 Å². The van der Waals surface area contributed by atoms with Crippen LogP contribution in [0.25, 0.3) is 0 Å². The average Bonchev–Trinajstić information content (AvgIpc) is 2.91. The lowest BCUT2D eigenvalue weighted by molar-refractivity contribution is -0.385. The highest BCUT2D eigenvalue weighted by Gasteiger charge is 2.18. The van der Waals surface area contributed by atoms with Gasteiger partial charge in [-0.1, -0.05) is 0 Å². The molecule has 0 saturated carbocycles. The summed E-state index contributed by atoms with van der Waals surface area (Å²) in [6.45, 7) is 0.374. The van der Waals surface area contributed by atoms with E-state index in [1.54, 1.807) is 25.5 Å². The lowest BCUT2D eigenvalue weighted by Gasteiger charge is -2.16. The topological polar surface area (TPSA) is 92.1 Å². The van der Waals surface area contributed by atoms with Crippen molar-refractivity contribution in [3.05, 3.63) is 56.3 Å². The number of halogens is 1. The maximum atomic E-state index is 12.2. The number of hydrogen-bond donors (Lipinski definition) is 1. The van der Waals surface area contributed by atoms with Gasteiger partial charge in [0, 0.05) is 37.0 Å². The first-order valence-corrected chi connectivity index (χ1v) is 6.45. The number of aromatic nitrogens is 2. The molecule has 2 rings (SSSR count). The Labute approximate surface area is 122 Å². The predicted octanol–water partition coefficient (Wildman–Crippen LogP) is 2.35. The maximum Gasteiger partial charge on any atom is 0.284 e. The number of amides is 1. The van der Waals surface area contributed by atoms with Crippen LogP contribution in [0, 0.1) is 10.1 Å². The van der Waals surface area contributed by atoms with Crippen molar-refractivity contribution in [1.82, 2.24) is 15.1 Å². The van der Waals surface area contributed by atoms with Crippen molar-refractivity contribution < 1.29 is 9.72 Å². The van der Waals surface area contributed by atoms with Gasteiger partial charge in [0.05, 0.1) is 15.6 Å². The summed E-state index contributed by atoms with van der Waals surface area (Å²) in [4.78, 5) is 24.0. The zero-order chi connectivity index (χ0) is 14.7. The summed E-state index contributed by atoms with van der Waals surface area (Å²) in [5.74, 6) is -0.290. The number of benzene rings is 1. The van der Waals surface area contributed by atoms with E-state index in [0.29, 0.717) is 11.0 Å². The van der Waals surface area contributed by atoms with E-state index in [1.165, 1.54) is 17.0 Å². The van der Waals surface area contributed by atoms with Crippen molar-refractivity contribution in [3.63, 3.8) is 0 Å². The summed E-state index contributed by atoms with van der Waals surface area (Å²) in [5, 5.41) is 17.3. The van der Waals surface area contributed by atoms with Gasteiger partial charge in [-0.15, -0.1) is 0 Å². The van der Waals surface area contributed by atoms with E-state index in [1.807, 2.05) is 0 Å². The van der Waals surface area contributed by atoms with Crippen LogP contribution in [0.2, 0.25) is 0 Å². The van der Waals surface area contributed by atoms with Crippen molar-refractivity contribution in [2.24, 2.45) is 0 Å². The van der Waals surface area contributed by atoms with Crippen LogP contribution < -0.4 is 0 Å². The van der Waals surface area contributed by atoms with Crippen molar-refractivity contribution in [2.45, 2.75) is 6.54 Å². The molecular weight excluding hydrogens is 328 g/mol. The van der Waals surface area contributed by atoms with Crippen LogP contribution in [0.5, 0.6) is 0 Å². The maximum absolute atomic E-state index is 12.2. The molecule has 1 amide bonds. The first kappa shape index (κ1) is 14.2. The van der Waals surface area contributed by atoms with Crippen LogP contribution in [0.1, 0.15) is 15.9 Å². The average molecular weight is 339 g/mol. The lowest BCUT2D eigenvalue weighted by atomic mass is 10.1. The number of aromatic amines is 1. The predicted molar refractivity (Wildman–Crippen MR) is 75.2 cm³/mol. The summed E-state index contributed by atoms with van der Waals surface area (Å²) >= 11 is 3.09.